The minimum Gasteiger partial charge on any atom is -0.459 e. The lowest BCUT2D eigenvalue weighted by Gasteiger charge is -2.35. The highest BCUT2D eigenvalue weighted by molar-refractivity contribution is 6.29. The van der Waals surface area contributed by atoms with E-state index in [1.807, 2.05) is 6.07 Å². The van der Waals surface area contributed by atoms with Gasteiger partial charge in [0.25, 0.3) is 11.8 Å². The van der Waals surface area contributed by atoms with Crippen LogP contribution in [-0.2, 0) is 0 Å². The Morgan fingerprint density at radius 2 is 1.70 bits per heavy atom. The lowest BCUT2D eigenvalue weighted by molar-refractivity contribution is 0.0514. The Labute approximate surface area is 160 Å². The monoisotopic (exact) mass is 380 g/mol. The predicted octanol–water partition coefficient (Wildman–Crippen LogP) is 4.80. The molecule has 3 aromatic rings. The highest BCUT2D eigenvalue weighted by atomic mass is 35.5. The van der Waals surface area contributed by atoms with Crippen molar-refractivity contribution in [2.75, 3.05) is 0 Å². The summed E-state index contributed by atoms with van der Waals surface area (Å²) in [7, 11) is 0. The highest BCUT2D eigenvalue weighted by Gasteiger charge is 2.44. The molecule has 1 aliphatic heterocycles. The molecule has 5 rings (SSSR count). The second kappa shape index (κ2) is 6.20. The molecule has 0 spiro atoms. The molecule has 0 bridgehead atoms. The Balaban J connectivity index is 1.54. The predicted molar refractivity (Wildman–Crippen MR) is 101 cm³/mol. The van der Waals surface area contributed by atoms with Crippen LogP contribution in [0.25, 0.3) is 11.1 Å². The molecule has 2 aliphatic rings. The van der Waals surface area contributed by atoms with Crippen LogP contribution in [0.3, 0.4) is 0 Å². The summed E-state index contributed by atoms with van der Waals surface area (Å²) in [4.78, 5) is 31.6. The quantitative estimate of drug-likeness (QED) is 0.473. The van der Waals surface area contributed by atoms with Gasteiger partial charge in [-0.1, -0.05) is 36.6 Å². The molecule has 2 amide bonds. The third kappa shape index (κ3) is 2.57. The van der Waals surface area contributed by atoms with E-state index in [-0.39, 0.29) is 23.8 Å². The van der Waals surface area contributed by atoms with Crippen molar-refractivity contribution < 1.29 is 14.0 Å². The topological polar surface area (TPSA) is 63.4 Å². The standard InChI is InChI=1S/C21H17ClN2O3/c22-19-10-9-17-15(23-19)11-18(27-17)14-7-3-4-8-16(14)24-20(25)12-5-1-2-6-13(12)21(24)26/h1-2,5-6,9-11,14,16H,3-4,7-8H2/t14-,16+/m1/s1. The van der Waals surface area contributed by atoms with Gasteiger partial charge in [0.2, 0.25) is 0 Å². The van der Waals surface area contributed by atoms with Crippen LogP contribution < -0.4 is 0 Å². The lowest BCUT2D eigenvalue weighted by Crippen LogP contribution is -2.44. The molecule has 0 radical (unpaired) electrons. The van der Waals surface area contributed by atoms with E-state index in [2.05, 4.69) is 4.98 Å². The Morgan fingerprint density at radius 1 is 1.00 bits per heavy atom. The summed E-state index contributed by atoms with van der Waals surface area (Å²) >= 11 is 5.99. The van der Waals surface area contributed by atoms with Crippen molar-refractivity contribution in [2.24, 2.45) is 0 Å². The number of fused-ring (bicyclic) bond motifs is 2. The van der Waals surface area contributed by atoms with Gasteiger partial charge in [0.1, 0.15) is 16.4 Å². The van der Waals surface area contributed by atoms with Crippen LogP contribution in [0.4, 0.5) is 0 Å². The van der Waals surface area contributed by atoms with Gasteiger partial charge in [0.05, 0.1) is 17.2 Å². The van der Waals surface area contributed by atoms with Crippen molar-refractivity contribution in [3.63, 3.8) is 0 Å². The number of benzene rings is 1. The molecular formula is C21H17ClN2O3. The lowest BCUT2D eigenvalue weighted by atomic mass is 9.82. The van der Waals surface area contributed by atoms with Crippen LogP contribution in [0, 0.1) is 0 Å². The van der Waals surface area contributed by atoms with E-state index in [9.17, 15) is 9.59 Å². The van der Waals surface area contributed by atoms with Gasteiger partial charge in [-0.3, -0.25) is 14.5 Å². The summed E-state index contributed by atoms with van der Waals surface area (Å²) in [5.74, 6) is 0.324. The Morgan fingerprint density at radius 3 is 2.44 bits per heavy atom. The second-order valence-electron chi connectivity index (χ2n) is 7.15. The van der Waals surface area contributed by atoms with Gasteiger partial charge >= 0.3 is 0 Å². The zero-order valence-corrected chi connectivity index (χ0v) is 15.3. The molecule has 6 heteroatoms. The first-order valence-corrected chi connectivity index (χ1v) is 9.54. The maximum absolute atomic E-state index is 12.9. The fourth-order valence-electron chi connectivity index (χ4n) is 4.36. The number of hydrogen-bond acceptors (Lipinski definition) is 4. The normalized spacial score (nSPS) is 22.5. The third-order valence-electron chi connectivity index (χ3n) is 5.61. The van der Waals surface area contributed by atoms with E-state index in [1.54, 1.807) is 36.4 Å². The summed E-state index contributed by atoms with van der Waals surface area (Å²) in [5, 5.41) is 0.412. The Hall–Kier alpha value is -2.66. The fourth-order valence-corrected chi connectivity index (χ4v) is 4.52. The average Bonchev–Trinajstić information content (AvgIpc) is 3.21. The zero-order valence-electron chi connectivity index (χ0n) is 14.5. The first-order chi connectivity index (χ1) is 13.1. The van der Waals surface area contributed by atoms with E-state index in [4.69, 9.17) is 16.0 Å². The van der Waals surface area contributed by atoms with E-state index < -0.39 is 0 Å². The van der Waals surface area contributed by atoms with Crippen molar-refractivity contribution in [3.8, 4) is 0 Å². The van der Waals surface area contributed by atoms with Gasteiger partial charge in [0.15, 0.2) is 5.58 Å². The molecule has 1 saturated carbocycles. The number of carbonyl (C=O) groups excluding carboxylic acids is 2. The number of furan rings is 1. The zero-order chi connectivity index (χ0) is 18.5. The molecule has 136 valence electrons. The van der Waals surface area contributed by atoms with Crippen LogP contribution in [0.15, 0.2) is 46.9 Å². The second-order valence-corrected chi connectivity index (χ2v) is 7.54. The van der Waals surface area contributed by atoms with Gasteiger partial charge in [-0.2, -0.15) is 0 Å². The number of carbonyl (C=O) groups is 2. The number of amides is 2. The molecule has 3 heterocycles. The average molecular weight is 381 g/mol. The van der Waals surface area contributed by atoms with Gasteiger partial charge in [0, 0.05) is 12.0 Å². The Bertz CT molecular complexity index is 1040. The SMILES string of the molecule is O=C1c2ccccc2C(=O)N1[C@H]1CCCC[C@H]1c1cc2nc(Cl)ccc2o1. The smallest absolute Gasteiger partial charge is 0.261 e. The molecule has 0 N–H and O–H groups in total. The first kappa shape index (κ1) is 16.5. The minimum atomic E-state index is -0.206. The molecular weight excluding hydrogens is 364 g/mol. The van der Waals surface area contributed by atoms with Crippen molar-refractivity contribution >= 4 is 34.5 Å². The van der Waals surface area contributed by atoms with Gasteiger partial charge in [-0.15, -0.1) is 0 Å². The molecule has 1 aliphatic carbocycles. The first-order valence-electron chi connectivity index (χ1n) is 9.16. The number of hydrogen-bond donors (Lipinski definition) is 0. The van der Waals surface area contributed by atoms with Gasteiger partial charge < -0.3 is 4.42 Å². The van der Waals surface area contributed by atoms with E-state index >= 15 is 0 Å². The molecule has 5 nitrogen and oxygen atoms in total. The molecule has 1 aromatic carbocycles. The van der Waals surface area contributed by atoms with E-state index in [0.717, 1.165) is 31.4 Å². The number of imide groups is 1. The van der Waals surface area contributed by atoms with Crippen molar-refractivity contribution in [2.45, 2.75) is 37.6 Å². The molecule has 2 atom stereocenters. The largest absolute Gasteiger partial charge is 0.459 e. The van der Waals surface area contributed by atoms with E-state index in [0.29, 0.717) is 27.4 Å². The number of aromatic nitrogens is 1. The molecule has 0 saturated heterocycles. The summed E-state index contributed by atoms with van der Waals surface area (Å²) in [6, 6.07) is 12.2. The van der Waals surface area contributed by atoms with Gasteiger partial charge in [-0.25, -0.2) is 4.98 Å². The summed E-state index contributed by atoms with van der Waals surface area (Å²) < 4.78 is 6.03. The third-order valence-corrected chi connectivity index (χ3v) is 5.82. The number of rotatable bonds is 2. The summed E-state index contributed by atoms with van der Waals surface area (Å²) in [5.41, 5.74) is 2.35. The maximum atomic E-state index is 12.9. The number of halogens is 1. The van der Waals surface area contributed by atoms with Crippen molar-refractivity contribution in [1.29, 1.82) is 0 Å². The highest BCUT2D eigenvalue weighted by Crippen LogP contribution is 2.41. The van der Waals surface area contributed by atoms with Crippen LogP contribution in [0.1, 0.15) is 58.1 Å². The Kier molecular flexibility index (Phi) is 3.79. The van der Waals surface area contributed by atoms with E-state index in [1.165, 1.54) is 4.90 Å². The number of nitrogens with zero attached hydrogens (tertiary/aromatic N) is 2. The molecule has 2 aromatic heterocycles. The summed E-state index contributed by atoms with van der Waals surface area (Å²) in [6.45, 7) is 0. The number of pyridine rings is 1. The van der Waals surface area contributed by atoms with Crippen molar-refractivity contribution in [1.82, 2.24) is 9.88 Å². The van der Waals surface area contributed by atoms with Gasteiger partial charge in [-0.05, 0) is 37.1 Å². The fraction of sp³-hybridized carbons (Fsp3) is 0.286. The maximum Gasteiger partial charge on any atom is 0.261 e. The van der Waals surface area contributed by atoms with Crippen LogP contribution >= 0.6 is 11.6 Å². The van der Waals surface area contributed by atoms with Crippen LogP contribution in [0.2, 0.25) is 5.15 Å². The molecule has 0 unspecified atom stereocenters. The van der Waals surface area contributed by atoms with Crippen LogP contribution in [-0.4, -0.2) is 27.7 Å². The minimum absolute atomic E-state index is 0.0334. The summed E-state index contributed by atoms with van der Waals surface area (Å²) in [6.07, 6.45) is 3.67. The molecule has 1 fully saturated rings. The van der Waals surface area contributed by atoms with Crippen LogP contribution in [0.5, 0.6) is 0 Å². The molecule has 27 heavy (non-hydrogen) atoms. The van der Waals surface area contributed by atoms with Crippen molar-refractivity contribution in [3.05, 3.63) is 64.5 Å².